The van der Waals surface area contributed by atoms with Gasteiger partial charge in [0.1, 0.15) is 6.04 Å². The van der Waals surface area contributed by atoms with Crippen LogP contribution in [0.5, 0.6) is 0 Å². The monoisotopic (exact) mass is 296 g/mol. The third-order valence-electron chi connectivity index (χ3n) is 3.12. The number of hydrogen-bond donors (Lipinski definition) is 2. The van der Waals surface area contributed by atoms with Crippen molar-refractivity contribution in [2.24, 2.45) is 0 Å². The molecule has 0 aliphatic rings. The van der Waals surface area contributed by atoms with E-state index in [1.54, 1.807) is 13.0 Å². The van der Waals surface area contributed by atoms with E-state index in [4.69, 9.17) is 0 Å². The number of nitrogens with one attached hydrogen (secondary N) is 2. The molecule has 2 atom stereocenters. The highest BCUT2D eigenvalue weighted by molar-refractivity contribution is 7.12. The first kappa shape index (κ1) is 16.7. The van der Waals surface area contributed by atoms with Crippen molar-refractivity contribution in [1.29, 1.82) is 0 Å². The average Bonchev–Trinajstić information content (AvgIpc) is 2.92. The molecule has 4 nitrogen and oxygen atoms in total. The maximum atomic E-state index is 12.0. The smallest absolute Gasteiger partial charge is 0.261 e. The summed E-state index contributed by atoms with van der Waals surface area (Å²) < 4.78 is 0. The van der Waals surface area contributed by atoms with Gasteiger partial charge in [-0.25, -0.2) is 0 Å². The van der Waals surface area contributed by atoms with Gasteiger partial charge in [-0.3, -0.25) is 9.59 Å². The van der Waals surface area contributed by atoms with Crippen molar-refractivity contribution in [3.05, 3.63) is 22.4 Å². The third-order valence-corrected chi connectivity index (χ3v) is 3.98. The number of carbonyl (C=O) groups is 2. The van der Waals surface area contributed by atoms with Crippen LogP contribution < -0.4 is 10.6 Å². The Hall–Kier alpha value is -1.36. The van der Waals surface area contributed by atoms with E-state index in [0.29, 0.717) is 4.88 Å². The third kappa shape index (κ3) is 5.74. The van der Waals surface area contributed by atoms with Crippen LogP contribution in [0.3, 0.4) is 0 Å². The summed E-state index contributed by atoms with van der Waals surface area (Å²) in [7, 11) is 0. The molecule has 0 aliphatic heterocycles. The molecule has 5 heteroatoms. The first-order chi connectivity index (χ1) is 9.54. The number of rotatable bonds is 8. The van der Waals surface area contributed by atoms with Gasteiger partial charge in [0.25, 0.3) is 5.91 Å². The highest BCUT2D eigenvalue weighted by Crippen LogP contribution is 2.08. The summed E-state index contributed by atoms with van der Waals surface area (Å²) in [4.78, 5) is 24.4. The minimum atomic E-state index is -0.516. The lowest BCUT2D eigenvalue weighted by atomic mass is 10.1. The molecule has 0 aromatic carbocycles. The Labute approximate surface area is 125 Å². The maximum Gasteiger partial charge on any atom is 0.261 e. The van der Waals surface area contributed by atoms with Gasteiger partial charge in [0.2, 0.25) is 5.91 Å². The van der Waals surface area contributed by atoms with Gasteiger partial charge in [-0.05, 0) is 31.7 Å². The van der Waals surface area contributed by atoms with Crippen LogP contribution in [0, 0.1) is 0 Å². The van der Waals surface area contributed by atoms with Crippen molar-refractivity contribution in [2.75, 3.05) is 0 Å². The van der Waals surface area contributed by atoms with Gasteiger partial charge in [-0.15, -0.1) is 11.3 Å². The fourth-order valence-corrected chi connectivity index (χ4v) is 2.51. The molecule has 1 rings (SSSR count). The topological polar surface area (TPSA) is 58.2 Å². The van der Waals surface area contributed by atoms with Gasteiger partial charge >= 0.3 is 0 Å². The molecule has 0 bridgehead atoms. The van der Waals surface area contributed by atoms with E-state index in [0.717, 1.165) is 12.8 Å². The van der Waals surface area contributed by atoms with E-state index in [1.807, 2.05) is 18.4 Å². The lowest BCUT2D eigenvalue weighted by molar-refractivity contribution is -0.123. The lowest BCUT2D eigenvalue weighted by Crippen LogP contribution is -2.47. The molecule has 1 heterocycles. The molecule has 1 aromatic heterocycles. The predicted molar refractivity (Wildman–Crippen MR) is 83.0 cm³/mol. The van der Waals surface area contributed by atoms with Gasteiger partial charge in [0, 0.05) is 6.04 Å². The second-order valence-electron chi connectivity index (χ2n) is 5.08. The molecule has 0 spiro atoms. The summed E-state index contributed by atoms with van der Waals surface area (Å²) in [6.07, 6.45) is 4.46. The van der Waals surface area contributed by atoms with Crippen molar-refractivity contribution in [1.82, 2.24) is 10.6 Å². The molecular weight excluding hydrogens is 272 g/mol. The Morgan fingerprint density at radius 2 is 2.00 bits per heavy atom. The SMILES string of the molecule is CCCCCC(C)NC(=O)C(C)NC(=O)c1cccs1. The summed E-state index contributed by atoms with van der Waals surface area (Å²) in [5.74, 6) is -0.319. The van der Waals surface area contributed by atoms with Gasteiger partial charge in [-0.2, -0.15) is 0 Å². The van der Waals surface area contributed by atoms with Gasteiger partial charge in [-0.1, -0.05) is 32.3 Å². The predicted octanol–water partition coefficient (Wildman–Crippen LogP) is 2.95. The zero-order valence-electron chi connectivity index (χ0n) is 12.4. The number of thiophene rings is 1. The zero-order valence-corrected chi connectivity index (χ0v) is 13.3. The van der Waals surface area contributed by atoms with Crippen LogP contribution in [-0.4, -0.2) is 23.9 Å². The summed E-state index contributed by atoms with van der Waals surface area (Å²) in [6.45, 7) is 5.87. The van der Waals surface area contributed by atoms with Crippen molar-refractivity contribution >= 4 is 23.2 Å². The van der Waals surface area contributed by atoms with Gasteiger partial charge in [0.05, 0.1) is 4.88 Å². The Kier molecular flexibility index (Phi) is 7.30. The fraction of sp³-hybridized carbons (Fsp3) is 0.600. The molecule has 20 heavy (non-hydrogen) atoms. The Morgan fingerprint density at radius 3 is 2.60 bits per heavy atom. The van der Waals surface area contributed by atoms with Crippen molar-refractivity contribution in [3.8, 4) is 0 Å². The molecular formula is C15H24N2O2S. The van der Waals surface area contributed by atoms with Crippen molar-refractivity contribution < 1.29 is 9.59 Å². The molecule has 1 aromatic rings. The molecule has 0 saturated carbocycles. The van der Waals surface area contributed by atoms with Crippen molar-refractivity contribution in [2.45, 2.75) is 58.5 Å². The highest BCUT2D eigenvalue weighted by atomic mass is 32.1. The molecule has 2 unspecified atom stereocenters. The van der Waals surface area contributed by atoms with E-state index in [1.165, 1.54) is 24.2 Å². The Balaban J connectivity index is 2.33. The minimum absolute atomic E-state index is 0.126. The second-order valence-corrected chi connectivity index (χ2v) is 6.03. The minimum Gasteiger partial charge on any atom is -0.352 e. The van der Waals surface area contributed by atoms with Crippen LogP contribution in [0.15, 0.2) is 17.5 Å². The van der Waals surface area contributed by atoms with E-state index in [2.05, 4.69) is 17.6 Å². The molecule has 0 fully saturated rings. The lowest BCUT2D eigenvalue weighted by Gasteiger charge is -2.18. The van der Waals surface area contributed by atoms with Crippen LogP contribution in [-0.2, 0) is 4.79 Å². The Bertz CT molecular complexity index is 418. The van der Waals surface area contributed by atoms with E-state index >= 15 is 0 Å². The number of carbonyl (C=O) groups excluding carboxylic acids is 2. The molecule has 0 radical (unpaired) electrons. The first-order valence-electron chi connectivity index (χ1n) is 7.19. The van der Waals surface area contributed by atoms with Crippen molar-refractivity contribution in [3.63, 3.8) is 0 Å². The molecule has 2 N–H and O–H groups in total. The van der Waals surface area contributed by atoms with E-state index in [-0.39, 0.29) is 17.9 Å². The van der Waals surface area contributed by atoms with Crippen LogP contribution >= 0.6 is 11.3 Å². The highest BCUT2D eigenvalue weighted by Gasteiger charge is 2.18. The molecule has 0 aliphatic carbocycles. The first-order valence-corrected chi connectivity index (χ1v) is 8.07. The van der Waals surface area contributed by atoms with E-state index in [9.17, 15) is 9.59 Å². The number of unbranched alkanes of at least 4 members (excludes halogenated alkanes) is 2. The molecule has 0 saturated heterocycles. The van der Waals surface area contributed by atoms with Crippen LogP contribution in [0.4, 0.5) is 0 Å². The van der Waals surface area contributed by atoms with Crippen LogP contribution in [0.2, 0.25) is 0 Å². The second kappa shape index (κ2) is 8.74. The van der Waals surface area contributed by atoms with Gasteiger partial charge in [0.15, 0.2) is 0 Å². The quantitative estimate of drug-likeness (QED) is 0.725. The van der Waals surface area contributed by atoms with Gasteiger partial charge < -0.3 is 10.6 Å². The average molecular weight is 296 g/mol. The maximum absolute atomic E-state index is 12.0. The number of amides is 2. The zero-order chi connectivity index (χ0) is 15.0. The van der Waals surface area contributed by atoms with E-state index < -0.39 is 6.04 Å². The standard InChI is InChI=1S/C15H24N2O2S/c1-4-5-6-8-11(2)16-14(18)12(3)17-15(19)13-9-7-10-20-13/h7,9-12H,4-6,8H2,1-3H3,(H,16,18)(H,17,19). The normalized spacial score (nSPS) is 13.6. The van der Waals surface area contributed by atoms with Crippen LogP contribution in [0.25, 0.3) is 0 Å². The fourth-order valence-electron chi connectivity index (χ4n) is 1.88. The molecule has 112 valence electrons. The summed E-state index contributed by atoms with van der Waals surface area (Å²) >= 11 is 1.37. The van der Waals surface area contributed by atoms with Crippen LogP contribution in [0.1, 0.15) is 56.1 Å². The molecule has 2 amide bonds. The largest absolute Gasteiger partial charge is 0.352 e. The Morgan fingerprint density at radius 1 is 1.25 bits per heavy atom. The summed E-state index contributed by atoms with van der Waals surface area (Å²) in [6, 6.07) is 3.20. The number of hydrogen-bond acceptors (Lipinski definition) is 3. The summed E-state index contributed by atoms with van der Waals surface area (Å²) in [5, 5.41) is 7.50. The summed E-state index contributed by atoms with van der Waals surface area (Å²) in [5.41, 5.74) is 0.